The molecule has 0 radical (unpaired) electrons. The molecule has 6 nitrogen and oxygen atoms in total. The third-order valence-corrected chi connectivity index (χ3v) is 4.00. The van der Waals surface area contributed by atoms with Crippen LogP contribution in [0.25, 0.3) is 5.69 Å². The Morgan fingerprint density at radius 3 is 2.42 bits per heavy atom. The van der Waals surface area contributed by atoms with Gasteiger partial charge in [0.05, 0.1) is 25.3 Å². The first kappa shape index (κ1) is 17.4. The summed E-state index contributed by atoms with van der Waals surface area (Å²) in [4.78, 5) is 24.3. The van der Waals surface area contributed by atoms with Crippen LogP contribution in [0, 0.1) is 0 Å². The van der Waals surface area contributed by atoms with Crippen LogP contribution in [0.5, 0.6) is 0 Å². The van der Waals surface area contributed by atoms with Gasteiger partial charge in [0.15, 0.2) is 0 Å². The number of nitrogens with one attached hydrogen (secondary N) is 1. The number of hydrogen-bond acceptors (Lipinski definition) is 4. The molecule has 0 aliphatic carbocycles. The van der Waals surface area contributed by atoms with Gasteiger partial charge in [-0.05, 0) is 35.9 Å². The first-order valence-corrected chi connectivity index (χ1v) is 8.20. The Balaban J connectivity index is 1.75. The van der Waals surface area contributed by atoms with Crippen LogP contribution in [-0.4, -0.2) is 28.8 Å². The number of carbonyl (C=O) groups excluding carboxylic acids is 2. The van der Waals surface area contributed by atoms with Crippen molar-refractivity contribution in [2.75, 3.05) is 7.11 Å². The van der Waals surface area contributed by atoms with Crippen molar-refractivity contribution in [2.45, 2.75) is 12.5 Å². The normalized spacial score (nSPS) is 11.6. The summed E-state index contributed by atoms with van der Waals surface area (Å²) in [6.45, 7) is 0. The van der Waals surface area contributed by atoms with Crippen LogP contribution < -0.4 is 5.32 Å². The van der Waals surface area contributed by atoms with Crippen LogP contribution in [0.2, 0.25) is 0 Å². The molecule has 1 amide bonds. The fourth-order valence-corrected chi connectivity index (χ4v) is 2.62. The van der Waals surface area contributed by atoms with E-state index in [-0.39, 0.29) is 18.3 Å². The number of rotatable bonds is 6. The molecule has 26 heavy (non-hydrogen) atoms. The summed E-state index contributed by atoms with van der Waals surface area (Å²) in [6.07, 6.45) is 3.59. The summed E-state index contributed by atoms with van der Waals surface area (Å²) in [6, 6.07) is 17.8. The summed E-state index contributed by atoms with van der Waals surface area (Å²) in [5.74, 6) is -0.636. The zero-order valence-electron chi connectivity index (χ0n) is 14.3. The molecule has 0 aliphatic heterocycles. The Morgan fingerprint density at radius 2 is 1.81 bits per heavy atom. The summed E-state index contributed by atoms with van der Waals surface area (Å²) < 4.78 is 6.46. The molecule has 132 valence electrons. The second-order valence-corrected chi connectivity index (χ2v) is 5.71. The van der Waals surface area contributed by atoms with Gasteiger partial charge in [-0.25, -0.2) is 4.68 Å². The molecule has 3 rings (SSSR count). The van der Waals surface area contributed by atoms with Crippen molar-refractivity contribution in [1.29, 1.82) is 0 Å². The lowest BCUT2D eigenvalue weighted by Gasteiger charge is -2.18. The largest absolute Gasteiger partial charge is 0.469 e. The van der Waals surface area contributed by atoms with Crippen LogP contribution in [0.3, 0.4) is 0 Å². The predicted molar refractivity (Wildman–Crippen MR) is 96.8 cm³/mol. The Morgan fingerprint density at radius 1 is 1.08 bits per heavy atom. The molecule has 1 heterocycles. The van der Waals surface area contributed by atoms with E-state index in [0.29, 0.717) is 5.56 Å². The first-order chi connectivity index (χ1) is 12.7. The maximum absolute atomic E-state index is 12.6. The number of hydrogen-bond donors (Lipinski definition) is 1. The van der Waals surface area contributed by atoms with Crippen molar-refractivity contribution in [3.8, 4) is 5.69 Å². The monoisotopic (exact) mass is 349 g/mol. The maximum atomic E-state index is 12.6. The van der Waals surface area contributed by atoms with Crippen LogP contribution in [0.1, 0.15) is 28.4 Å². The highest BCUT2D eigenvalue weighted by Crippen LogP contribution is 2.18. The van der Waals surface area contributed by atoms with E-state index in [1.165, 1.54) is 7.11 Å². The quantitative estimate of drug-likeness (QED) is 0.695. The zero-order valence-corrected chi connectivity index (χ0v) is 14.3. The topological polar surface area (TPSA) is 73.2 Å². The first-order valence-electron chi connectivity index (χ1n) is 8.20. The summed E-state index contributed by atoms with van der Waals surface area (Å²) in [7, 11) is 1.33. The van der Waals surface area contributed by atoms with E-state index in [1.807, 2.05) is 54.7 Å². The lowest BCUT2D eigenvalue weighted by molar-refractivity contribution is -0.141. The van der Waals surface area contributed by atoms with Gasteiger partial charge in [-0.3, -0.25) is 9.59 Å². The van der Waals surface area contributed by atoms with Crippen molar-refractivity contribution >= 4 is 11.9 Å². The highest BCUT2D eigenvalue weighted by molar-refractivity contribution is 5.94. The van der Waals surface area contributed by atoms with Gasteiger partial charge in [-0.2, -0.15) is 5.10 Å². The third kappa shape index (κ3) is 4.16. The zero-order chi connectivity index (χ0) is 18.4. The number of benzene rings is 2. The number of ether oxygens (including phenoxy) is 1. The van der Waals surface area contributed by atoms with Crippen LogP contribution in [0.4, 0.5) is 0 Å². The smallest absolute Gasteiger partial charge is 0.307 e. The number of nitrogens with zero attached hydrogens (tertiary/aromatic N) is 2. The van der Waals surface area contributed by atoms with Crippen LogP contribution in [0.15, 0.2) is 73.1 Å². The van der Waals surface area contributed by atoms with Gasteiger partial charge in [0, 0.05) is 18.0 Å². The summed E-state index contributed by atoms with van der Waals surface area (Å²) in [5.41, 5.74) is 2.21. The lowest BCUT2D eigenvalue weighted by Crippen LogP contribution is -2.30. The molecule has 0 saturated heterocycles. The summed E-state index contributed by atoms with van der Waals surface area (Å²) >= 11 is 0. The molecule has 0 aliphatic rings. The van der Waals surface area contributed by atoms with Gasteiger partial charge >= 0.3 is 5.97 Å². The van der Waals surface area contributed by atoms with E-state index >= 15 is 0 Å². The molecule has 3 aromatic rings. The lowest BCUT2D eigenvalue weighted by atomic mass is 10.0. The number of esters is 1. The van der Waals surface area contributed by atoms with Crippen molar-refractivity contribution in [3.63, 3.8) is 0 Å². The minimum atomic E-state index is -0.457. The van der Waals surface area contributed by atoms with E-state index in [9.17, 15) is 9.59 Å². The van der Waals surface area contributed by atoms with E-state index in [4.69, 9.17) is 4.74 Å². The SMILES string of the molecule is COC(=O)CC(NC(=O)c1ccc(-n2cccn2)cc1)c1ccccc1. The minimum absolute atomic E-state index is 0.0671. The van der Waals surface area contributed by atoms with E-state index < -0.39 is 6.04 Å². The molecule has 2 aromatic carbocycles. The third-order valence-electron chi connectivity index (χ3n) is 4.00. The number of methoxy groups -OCH3 is 1. The molecular weight excluding hydrogens is 330 g/mol. The van der Waals surface area contributed by atoms with Crippen LogP contribution >= 0.6 is 0 Å². The average molecular weight is 349 g/mol. The molecule has 1 atom stereocenters. The highest BCUT2D eigenvalue weighted by atomic mass is 16.5. The molecule has 1 aromatic heterocycles. The Kier molecular flexibility index (Phi) is 5.43. The number of amides is 1. The van der Waals surface area contributed by atoms with Gasteiger partial charge in [0.2, 0.25) is 0 Å². The predicted octanol–water partition coefficient (Wildman–Crippen LogP) is 2.91. The molecule has 0 fully saturated rings. The van der Waals surface area contributed by atoms with E-state index in [2.05, 4.69) is 10.4 Å². The van der Waals surface area contributed by atoms with Crippen LogP contribution in [-0.2, 0) is 9.53 Å². The maximum Gasteiger partial charge on any atom is 0.307 e. The minimum Gasteiger partial charge on any atom is -0.469 e. The molecular formula is C20H19N3O3. The highest BCUT2D eigenvalue weighted by Gasteiger charge is 2.19. The Labute approximate surface area is 151 Å². The number of carbonyl (C=O) groups is 2. The van der Waals surface area contributed by atoms with Crippen molar-refractivity contribution in [2.24, 2.45) is 0 Å². The molecule has 1 unspecified atom stereocenters. The standard InChI is InChI=1S/C20H19N3O3/c1-26-19(24)14-18(15-6-3-2-4-7-15)22-20(25)16-8-10-17(11-9-16)23-13-5-12-21-23/h2-13,18H,14H2,1H3,(H,22,25). The fourth-order valence-electron chi connectivity index (χ4n) is 2.62. The molecule has 0 saturated carbocycles. The van der Waals surface area contributed by atoms with Crippen molar-refractivity contribution in [3.05, 3.63) is 84.2 Å². The second kappa shape index (κ2) is 8.11. The van der Waals surface area contributed by atoms with E-state index in [1.54, 1.807) is 23.0 Å². The number of aromatic nitrogens is 2. The van der Waals surface area contributed by atoms with Gasteiger partial charge in [-0.1, -0.05) is 30.3 Å². The second-order valence-electron chi connectivity index (χ2n) is 5.71. The van der Waals surface area contributed by atoms with Gasteiger partial charge in [0.1, 0.15) is 0 Å². The summed E-state index contributed by atoms with van der Waals surface area (Å²) in [5, 5.41) is 7.06. The molecule has 0 spiro atoms. The fraction of sp³-hybridized carbons (Fsp3) is 0.150. The molecule has 1 N–H and O–H groups in total. The van der Waals surface area contributed by atoms with Gasteiger partial charge in [0.25, 0.3) is 5.91 Å². The Hall–Kier alpha value is -3.41. The molecule has 0 bridgehead atoms. The van der Waals surface area contributed by atoms with Gasteiger partial charge < -0.3 is 10.1 Å². The Bertz CT molecular complexity index is 859. The van der Waals surface area contributed by atoms with Crippen molar-refractivity contribution < 1.29 is 14.3 Å². The average Bonchev–Trinajstić information content (AvgIpc) is 3.23. The molecule has 6 heteroatoms. The van der Waals surface area contributed by atoms with E-state index in [0.717, 1.165) is 11.3 Å². The van der Waals surface area contributed by atoms with Crippen molar-refractivity contribution in [1.82, 2.24) is 15.1 Å². The van der Waals surface area contributed by atoms with Gasteiger partial charge in [-0.15, -0.1) is 0 Å².